The summed E-state index contributed by atoms with van der Waals surface area (Å²) in [7, 11) is 0. The van der Waals surface area contributed by atoms with Gasteiger partial charge in [0.1, 0.15) is 0 Å². The Morgan fingerprint density at radius 2 is 1.67 bits per heavy atom. The summed E-state index contributed by atoms with van der Waals surface area (Å²) < 4.78 is 39.5. The third-order valence-electron chi connectivity index (χ3n) is 3.27. The standard InChI is InChI=1S/C15H12F3N3/c1-9-7-10(2)21-8-13(20-14(21)19-9)11-3-5-12(6-4-11)15(16,17)18/h3-8H,1-2H3. The number of alkyl halides is 3. The van der Waals surface area contributed by atoms with E-state index in [1.165, 1.54) is 12.1 Å². The fourth-order valence-electron chi connectivity index (χ4n) is 2.24. The predicted molar refractivity (Wildman–Crippen MR) is 72.9 cm³/mol. The maximum Gasteiger partial charge on any atom is 0.416 e. The predicted octanol–water partition coefficient (Wildman–Crippen LogP) is 4.03. The van der Waals surface area contributed by atoms with E-state index in [1.807, 2.05) is 24.3 Å². The summed E-state index contributed by atoms with van der Waals surface area (Å²) in [5.41, 5.74) is 2.39. The average molecular weight is 291 g/mol. The summed E-state index contributed by atoms with van der Waals surface area (Å²) in [5.74, 6) is 0.544. The molecule has 0 amide bonds. The molecule has 0 aliphatic heterocycles. The van der Waals surface area contributed by atoms with Crippen molar-refractivity contribution in [1.82, 2.24) is 14.4 Å². The molecule has 3 rings (SSSR count). The molecule has 0 saturated carbocycles. The van der Waals surface area contributed by atoms with Crippen molar-refractivity contribution in [3.63, 3.8) is 0 Å². The van der Waals surface area contributed by atoms with E-state index in [0.717, 1.165) is 23.5 Å². The molecule has 3 aromatic rings. The molecule has 108 valence electrons. The van der Waals surface area contributed by atoms with E-state index < -0.39 is 11.7 Å². The number of aromatic nitrogens is 3. The van der Waals surface area contributed by atoms with Gasteiger partial charge >= 0.3 is 6.18 Å². The quantitative estimate of drug-likeness (QED) is 0.677. The summed E-state index contributed by atoms with van der Waals surface area (Å²) in [6.45, 7) is 3.80. The molecule has 0 radical (unpaired) electrons. The zero-order valence-electron chi connectivity index (χ0n) is 11.4. The van der Waals surface area contributed by atoms with Gasteiger partial charge in [-0.15, -0.1) is 0 Å². The largest absolute Gasteiger partial charge is 0.416 e. The smallest absolute Gasteiger partial charge is 0.288 e. The highest BCUT2D eigenvalue weighted by molar-refractivity contribution is 5.62. The van der Waals surface area contributed by atoms with Crippen LogP contribution in [-0.2, 0) is 6.18 Å². The molecule has 2 heterocycles. The molecule has 2 aromatic heterocycles. The maximum absolute atomic E-state index is 12.6. The van der Waals surface area contributed by atoms with Gasteiger partial charge in [0.15, 0.2) is 0 Å². The number of rotatable bonds is 1. The minimum absolute atomic E-state index is 0.544. The molecular weight excluding hydrogens is 279 g/mol. The van der Waals surface area contributed by atoms with Gasteiger partial charge in [-0.1, -0.05) is 12.1 Å². The molecule has 0 N–H and O–H groups in total. The van der Waals surface area contributed by atoms with Crippen molar-refractivity contribution in [3.05, 3.63) is 53.5 Å². The molecule has 1 aromatic carbocycles. The SMILES string of the molecule is Cc1cc(C)n2cc(-c3ccc(C(F)(F)F)cc3)nc2n1. The number of imidazole rings is 1. The van der Waals surface area contributed by atoms with Gasteiger partial charge in [0.05, 0.1) is 11.3 Å². The third kappa shape index (κ3) is 2.49. The Balaban J connectivity index is 2.06. The van der Waals surface area contributed by atoms with Crippen LogP contribution in [-0.4, -0.2) is 14.4 Å². The first kappa shape index (κ1) is 13.6. The van der Waals surface area contributed by atoms with Gasteiger partial charge in [-0.2, -0.15) is 13.2 Å². The molecule has 0 unspecified atom stereocenters. The van der Waals surface area contributed by atoms with Crippen molar-refractivity contribution in [2.24, 2.45) is 0 Å². The Bertz CT molecular complexity index is 801. The lowest BCUT2D eigenvalue weighted by molar-refractivity contribution is -0.137. The second-order valence-corrected chi connectivity index (χ2v) is 4.91. The van der Waals surface area contributed by atoms with Crippen LogP contribution >= 0.6 is 0 Å². The summed E-state index contributed by atoms with van der Waals surface area (Å²) in [4.78, 5) is 8.68. The Morgan fingerprint density at radius 3 is 2.29 bits per heavy atom. The van der Waals surface area contributed by atoms with Crippen molar-refractivity contribution < 1.29 is 13.2 Å². The van der Waals surface area contributed by atoms with E-state index in [0.29, 0.717) is 17.0 Å². The molecule has 0 bridgehead atoms. The van der Waals surface area contributed by atoms with Crippen molar-refractivity contribution in [1.29, 1.82) is 0 Å². The van der Waals surface area contributed by atoms with Crippen LogP contribution in [0.4, 0.5) is 13.2 Å². The van der Waals surface area contributed by atoms with Crippen LogP contribution in [0.25, 0.3) is 17.0 Å². The van der Waals surface area contributed by atoms with E-state index in [2.05, 4.69) is 9.97 Å². The van der Waals surface area contributed by atoms with Crippen molar-refractivity contribution in [2.75, 3.05) is 0 Å². The van der Waals surface area contributed by atoms with Crippen molar-refractivity contribution >= 4 is 5.78 Å². The third-order valence-corrected chi connectivity index (χ3v) is 3.27. The lowest BCUT2D eigenvalue weighted by Gasteiger charge is -2.06. The van der Waals surface area contributed by atoms with Gasteiger partial charge in [-0.05, 0) is 32.0 Å². The zero-order chi connectivity index (χ0) is 15.2. The summed E-state index contributed by atoms with van der Waals surface area (Å²) in [6, 6.07) is 6.89. The maximum atomic E-state index is 12.6. The van der Waals surface area contributed by atoms with Gasteiger partial charge in [-0.25, -0.2) is 9.97 Å². The monoisotopic (exact) mass is 291 g/mol. The highest BCUT2D eigenvalue weighted by Gasteiger charge is 2.30. The van der Waals surface area contributed by atoms with Crippen LogP contribution in [0.2, 0.25) is 0 Å². The number of halogens is 3. The van der Waals surface area contributed by atoms with E-state index in [1.54, 1.807) is 6.20 Å². The topological polar surface area (TPSA) is 30.2 Å². The highest BCUT2D eigenvalue weighted by Crippen LogP contribution is 2.30. The number of hydrogen-bond donors (Lipinski definition) is 0. The minimum Gasteiger partial charge on any atom is -0.288 e. The normalized spacial score (nSPS) is 12.0. The first-order valence-corrected chi connectivity index (χ1v) is 6.35. The second kappa shape index (κ2) is 4.58. The fourth-order valence-corrected chi connectivity index (χ4v) is 2.24. The number of nitrogens with zero attached hydrogens (tertiary/aromatic N) is 3. The molecular formula is C15H12F3N3. The first-order chi connectivity index (χ1) is 9.84. The van der Waals surface area contributed by atoms with Crippen molar-refractivity contribution in [2.45, 2.75) is 20.0 Å². The van der Waals surface area contributed by atoms with E-state index in [-0.39, 0.29) is 0 Å². The van der Waals surface area contributed by atoms with Crippen LogP contribution < -0.4 is 0 Å². The van der Waals surface area contributed by atoms with Gasteiger partial charge in [-0.3, -0.25) is 4.40 Å². The number of aryl methyl sites for hydroxylation is 2. The number of fused-ring (bicyclic) bond motifs is 1. The number of benzene rings is 1. The molecule has 6 heteroatoms. The van der Waals surface area contributed by atoms with Crippen LogP contribution in [0.1, 0.15) is 17.0 Å². The lowest BCUT2D eigenvalue weighted by Crippen LogP contribution is -2.03. The van der Waals surface area contributed by atoms with E-state index >= 15 is 0 Å². The summed E-state index contributed by atoms with van der Waals surface area (Å²) in [5, 5.41) is 0. The Kier molecular flexibility index (Phi) is 2.97. The summed E-state index contributed by atoms with van der Waals surface area (Å²) >= 11 is 0. The highest BCUT2D eigenvalue weighted by atomic mass is 19.4. The van der Waals surface area contributed by atoms with E-state index in [4.69, 9.17) is 0 Å². The Hall–Kier alpha value is -2.37. The Morgan fingerprint density at radius 1 is 1.00 bits per heavy atom. The lowest BCUT2D eigenvalue weighted by atomic mass is 10.1. The zero-order valence-corrected chi connectivity index (χ0v) is 11.4. The second-order valence-electron chi connectivity index (χ2n) is 4.91. The molecule has 0 aliphatic rings. The van der Waals surface area contributed by atoms with Gasteiger partial charge in [0, 0.05) is 23.1 Å². The van der Waals surface area contributed by atoms with Gasteiger partial charge < -0.3 is 0 Å². The minimum atomic E-state index is -4.33. The molecule has 0 fully saturated rings. The molecule has 0 spiro atoms. The van der Waals surface area contributed by atoms with Crippen LogP contribution in [0.5, 0.6) is 0 Å². The van der Waals surface area contributed by atoms with Crippen LogP contribution in [0.3, 0.4) is 0 Å². The fraction of sp³-hybridized carbons (Fsp3) is 0.200. The number of hydrogen-bond acceptors (Lipinski definition) is 2. The van der Waals surface area contributed by atoms with Gasteiger partial charge in [0.2, 0.25) is 5.78 Å². The first-order valence-electron chi connectivity index (χ1n) is 6.35. The van der Waals surface area contributed by atoms with Gasteiger partial charge in [0.25, 0.3) is 0 Å². The molecule has 0 saturated heterocycles. The molecule has 3 nitrogen and oxygen atoms in total. The summed E-state index contributed by atoms with van der Waals surface area (Å²) in [6.07, 6.45) is -2.55. The van der Waals surface area contributed by atoms with Crippen LogP contribution in [0.15, 0.2) is 36.5 Å². The molecule has 21 heavy (non-hydrogen) atoms. The van der Waals surface area contributed by atoms with E-state index in [9.17, 15) is 13.2 Å². The average Bonchev–Trinajstić information content (AvgIpc) is 2.82. The van der Waals surface area contributed by atoms with Crippen molar-refractivity contribution in [3.8, 4) is 11.3 Å². The Labute approximate surface area is 119 Å². The molecule has 0 atom stereocenters. The molecule has 0 aliphatic carbocycles. The van der Waals surface area contributed by atoms with Crippen LogP contribution in [0, 0.1) is 13.8 Å².